The fourth-order valence-corrected chi connectivity index (χ4v) is 4.15. The predicted octanol–water partition coefficient (Wildman–Crippen LogP) is 4.63. The number of anilines is 2. The Morgan fingerprint density at radius 2 is 1.78 bits per heavy atom. The maximum atomic E-state index is 12.4. The number of carbonyl (C=O) groups is 2. The summed E-state index contributed by atoms with van der Waals surface area (Å²) in [6.07, 6.45) is 2.61. The molecule has 6 heteroatoms. The molecule has 0 aromatic heterocycles. The third-order valence-electron chi connectivity index (χ3n) is 5.73. The molecule has 2 aromatic carbocycles. The molecule has 32 heavy (non-hydrogen) atoms. The van der Waals surface area contributed by atoms with Crippen LogP contribution in [0.5, 0.6) is 5.75 Å². The lowest BCUT2D eigenvalue weighted by Crippen LogP contribution is -2.38. The highest BCUT2D eigenvalue weighted by molar-refractivity contribution is 5.92. The molecule has 6 nitrogen and oxygen atoms in total. The van der Waals surface area contributed by atoms with Crippen LogP contribution in [0, 0.1) is 6.92 Å². The SMILES string of the molecule is Cc1cc(OCC(=O)NC(C)CC(=O)Nc2cccc(N3CCCC3)c2)ccc1C(C)C. The van der Waals surface area contributed by atoms with Gasteiger partial charge in [0.1, 0.15) is 5.75 Å². The van der Waals surface area contributed by atoms with Crippen molar-refractivity contribution >= 4 is 23.2 Å². The molecule has 2 amide bonds. The number of hydrogen-bond acceptors (Lipinski definition) is 4. The molecule has 1 unspecified atom stereocenters. The molecule has 1 aliphatic heterocycles. The highest BCUT2D eigenvalue weighted by Crippen LogP contribution is 2.24. The molecule has 0 radical (unpaired) electrons. The summed E-state index contributed by atoms with van der Waals surface area (Å²) in [5, 5.41) is 5.77. The quantitative estimate of drug-likeness (QED) is 0.600. The minimum atomic E-state index is -0.294. The van der Waals surface area contributed by atoms with E-state index in [0.717, 1.165) is 30.0 Å². The summed E-state index contributed by atoms with van der Waals surface area (Å²) in [7, 11) is 0. The van der Waals surface area contributed by atoms with Gasteiger partial charge in [0, 0.05) is 36.9 Å². The van der Waals surface area contributed by atoms with Crippen LogP contribution in [0.4, 0.5) is 11.4 Å². The number of nitrogens with one attached hydrogen (secondary N) is 2. The lowest BCUT2D eigenvalue weighted by Gasteiger charge is -2.19. The van der Waals surface area contributed by atoms with Gasteiger partial charge < -0.3 is 20.3 Å². The Morgan fingerprint density at radius 3 is 2.47 bits per heavy atom. The Morgan fingerprint density at radius 1 is 1.03 bits per heavy atom. The second-order valence-corrected chi connectivity index (χ2v) is 8.93. The normalized spacial score (nSPS) is 14.3. The fraction of sp³-hybridized carbons (Fsp3) is 0.462. The molecule has 1 fully saturated rings. The third-order valence-corrected chi connectivity index (χ3v) is 5.73. The first-order chi connectivity index (χ1) is 15.3. The lowest BCUT2D eigenvalue weighted by molar-refractivity contribution is -0.124. The minimum Gasteiger partial charge on any atom is -0.484 e. The summed E-state index contributed by atoms with van der Waals surface area (Å²) in [5.41, 5.74) is 4.33. The van der Waals surface area contributed by atoms with Crippen molar-refractivity contribution in [3.63, 3.8) is 0 Å². The standard InChI is InChI=1S/C26H35N3O3/c1-18(2)24-11-10-23(14-19(24)3)32-17-26(31)27-20(4)15-25(30)28-21-8-7-9-22(16-21)29-12-5-6-13-29/h7-11,14,16,18,20H,5-6,12-13,15,17H2,1-4H3,(H,27,31)(H,28,30). The van der Waals surface area contributed by atoms with Gasteiger partial charge in [-0.1, -0.05) is 26.0 Å². The van der Waals surface area contributed by atoms with E-state index in [4.69, 9.17) is 4.74 Å². The van der Waals surface area contributed by atoms with Crippen molar-refractivity contribution in [1.82, 2.24) is 5.32 Å². The van der Waals surface area contributed by atoms with Crippen LogP contribution in [-0.4, -0.2) is 37.6 Å². The highest BCUT2D eigenvalue weighted by atomic mass is 16.5. The van der Waals surface area contributed by atoms with Crippen molar-refractivity contribution in [2.75, 3.05) is 29.9 Å². The van der Waals surface area contributed by atoms with Crippen LogP contribution in [0.15, 0.2) is 42.5 Å². The number of nitrogens with zero attached hydrogens (tertiary/aromatic N) is 1. The van der Waals surface area contributed by atoms with E-state index in [1.165, 1.54) is 18.4 Å². The van der Waals surface area contributed by atoms with E-state index in [1.54, 1.807) is 0 Å². The molecular formula is C26H35N3O3. The molecule has 0 aliphatic carbocycles. The third kappa shape index (κ3) is 6.74. The van der Waals surface area contributed by atoms with Crippen molar-refractivity contribution in [2.45, 2.75) is 58.9 Å². The number of amides is 2. The summed E-state index contributed by atoms with van der Waals surface area (Å²) < 4.78 is 5.63. The van der Waals surface area contributed by atoms with E-state index in [1.807, 2.05) is 50.2 Å². The van der Waals surface area contributed by atoms with Crippen molar-refractivity contribution in [3.8, 4) is 5.75 Å². The number of hydrogen-bond donors (Lipinski definition) is 2. The monoisotopic (exact) mass is 437 g/mol. The summed E-state index contributed by atoms with van der Waals surface area (Å²) in [4.78, 5) is 27.0. The van der Waals surface area contributed by atoms with E-state index in [2.05, 4.69) is 35.4 Å². The van der Waals surface area contributed by atoms with E-state index in [9.17, 15) is 9.59 Å². The Labute approximate surface area is 191 Å². The van der Waals surface area contributed by atoms with E-state index in [-0.39, 0.29) is 30.9 Å². The number of ether oxygens (including phenoxy) is 1. The lowest BCUT2D eigenvalue weighted by atomic mass is 9.98. The van der Waals surface area contributed by atoms with Crippen molar-refractivity contribution < 1.29 is 14.3 Å². The van der Waals surface area contributed by atoms with Gasteiger partial charge >= 0.3 is 0 Å². The fourth-order valence-electron chi connectivity index (χ4n) is 4.15. The number of carbonyl (C=O) groups excluding carboxylic acids is 2. The Balaban J connectivity index is 1.43. The Kier molecular flexibility index (Phi) is 8.14. The summed E-state index contributed by atoms with van der Waals surface area (Å²) in [6, 6.07) is 13.5. The van der Waals surface area contributed by atoms with Gasteiger partial charge in [-0.15, -0.1) is 0 Å². The molecule has 1 aliphatic rings. The molecular weight excluding hydrogens is 402 g/mol. The van der Waals surface area contributed by atoms with Crippen molar-refractivity contribution in [1.29, 1.82) is 0 Å². The smallest absolute Gasteiger partial charge is 0.258 e. The molecule has 0 bridgehead atoms. The first kappa shape index (κ1) is 23.6. The molecule has 2 aromatic rings. The molecule has 3 rings (SSSR count). The number of benzene rings is 2. The zero-order valence-corrected chi connectivity index (χ0v) is 19.6. The van der Waals surface area contributed by atoms with Crippen LogP contribution >= 0.6 is 0 Å². The van der Waals surface area contributed by atoms with Gasteiger partial charge in [-0.25, -0.2) is 0 Å². The van der Waals surface area contributed by atoms with Crippen LogP contribution in [0.1, 0.15) is 57.1 Å². The van der Waals surface area contributed by atoms with Gasteiger partial charge in [0.2, 0.25) is 5.91 Å². The first-order valence-corrected chi connectivity index (χ1v) is 11.5. The van der Waals surface area contributed by atoms with Crippen LogP contribution in [0.3, 0.4) is 0 Å². The first-order valence-electron chi connectivity index (χ1n) is 11.5. The predicted molar refractivity (Wildman–Crippen MR) is 130 cm³/mol. The Hall–Kier alpha value is -3.02. The molecule has 172 valence electrons. The van der Waals surface area contributed by atoms with Gasteiger partial charge in [-0.05, 0) is 74.1 Å². The zero-order valence-electron chi connectivity index (χ0n) is 19.6. The molecule has 1 heterocycles. The Bertz CT molecular complexity index is 936. The molecule has 0 spiro atoms. The van der Waals surface area contributed by atoms with E-state index >= 15 is 0 Å². The number of rotatable bonds is 9. The summed E-state index contributed by atoms with van der Waals surface area (Å²) >= 11 is 0. The van der Waals surface area contributed by atoms with Crippen LogP contribution in [0.2, 0.25) is 0 Å². The average molecular weight is 438 g/mol. The summed E-state index contributed by atoms with van der Waals surface area (Å²) in [6.45, 7) is 10.2. The second-order valence-electron chi connectivity index (χ2n) is 8.93. The van der Waals surface area contributed by atoms with Gasteiger partial charge in [0.15, 0.2) is 6.61 Å². The van der Waals surface area contributed by atoms with Crippen LogP contribution in [-0.2, 0) is 9.59 Å². The van der Waals surface area contributed by atoms with Crippen LogP contribution in [0.25, 0.3) is 0 Å². The topological polar surface area (TPSA) is 70.7 Å². The molecule has 1 saturated heterocycles. The van der Waals surface area contributed by atoms with E-state index < -0.39 is 0 Å². The highest BCUT2D eigenvalue weighted by Gasteiger charge is 2.15. The molecule has 0 saturated carbocycles. The average Bonchev–Trinajstić information content (AvgIpc) is 3.27. The second kappa shape index (κ2) is 11.0. The number of aryl methyl sites for hydroxylation is 1. The van der Waals surface area contributed by atoms with Crippen LogP contribution < -0.4 is 20.3 Å². The summed E-state index contributed by atoms with van der Waals surface area (Å²) in [5.74, 6) is 0.747. The van der Waals surface area contributed by atoms with Gasteiger partial charge in [0.05, 0.1) is 0 Å². The largest absolute Gasteiger partial charge is 0.484 e. The van der Waals surface area contributed by atoms with Crippen molar-refractivity contribution in [3.05, 3.63) is 53.6 Å². The molecule has 1 atom stereocenters. The molecule has 2 N–H and O–H groups in total. The van der Waals surface area contributed by atoms with Gasteiger partial charge in [-0.3, -0.25) is 9.59 Å². The van der Waals surface area contributed by atoms with Gasteiger partial charge in [0.25, 0.3) is 5.91 Å². The minimum absolute atomic E-state index is 0.0791. The maximum absolute atomic E-state index is 12.4. The van der Waals surface area contributed by atoms with Crippen molar-refractivity contribution in [2.24, 2.45) is 0 Å². The van der Waals surface area contributed by atoms with Gasteiger partial charge in [-0.2, -0.15) is 0 Å². The van der Waals surface area contributed by atoms with E-state index in [0.29, 0.717) is 11.7 Å². The zero-order chi connectivity index (χ0) is 23.1. The maximum Gasteiger partial charge on any atom is 0.258 e.